The highest BCUT2D eigenvalue weighted by Crippen LogP contribution is 2.23. The van der Waals surface area contributed by atoms with E-state index in [1.54, 1.807) is 18.5 Å². The van der Waals surface area contributed by atoms with Gasteiger partial charge in [-0.3, -0.25) is 4.98 Å². The van der Waals surface area contributed by atoms with E-state index in [0.29, 0.717) is 0 Å². The maximum atomic E-state index is 13.2. The Morgan fingerprint density at radius 3 is 2.83 bits per heavy atom. The lowest BCUT2D eigenvalue weighted by atomic mass is 10.1. The molecule has 3 aromatic rings. The molecule has 3 heteroatoms. The number of fused-ring (bicyclic) bond motifs is 1. The Morgan fingerprint density at radius 1 is 1.11 bits per heavy atom. The van der Waals surface area contributed by atoms with Gasteiger partial charge in [0, 0.05) is 23.3 Å². The first-order chi connectivity index (χ1) is 8.74. The lowest BCUT2D eigenvalue weighted by Crippen LogP contribution is -1.90. The molecule has 0 bridgehead atoms. The van der Waals surface area contributed by atoms with E-state index in [0.717, 1.165) is 27.7 Å². The van der Waals surface area contributed by atoms with Crippen molar-refractivity contribution in [2.75, 3.05) is 0 Å². The first kappa shape index (κ1) is 10.8. The van der Waals surface area contributed by atoms with Crippen LogP contribution in [0.2, 0.25) is 0 Å². The van der Waals surface area contributed by atoms with Crippen LogP contribution in [-0.4, -0.2) is 9.97 Å². The molecule has 0 aliphatic carbocycles. The number of hydrogen-bond acceptors (Lipinski definition) is 2. The minimum Gasteiger partial charge on any atom is -0.264 e. The molecule has 0 atom stereocenters. The molecule has 18 heavy (non-hydrogen) atoms. The fourth-order valence-corrected chi connectivity index (χ4v) is 2.03. The number of nitrogens with zero attached hydrogens (tertiary/aromatic N) is 2. The van der Waals surface area contributed by atoms with E-state index in [1.165, 1.54) is 12.1 Å². The maximum Gasteiger partial charge on any atom is 0.123 e. The normalized spacial score (nSPS) is 10.8. The Balaban J connectivity index is 2.24. The Morgan fingerprint density at radius 2 is 2.00 bits per heavy atom. The third-order valence-corrected chi connectivity index (χ3v) is 2.94. The second-order valence-corrected chi connectivity index (χ2v) is 4.23. The summed E-state index contributed by atoms with van der Waals surface area (Å²) >= 11 is 0. The second-order valence-electron chi connectivity index (χ2n) is 4.23. The summed E-state index contributed by atoms with van der Waals surface area (Å²) in [5.41, 5.74) is 3.54. The van der Waals surface area contributed by atoms with Gasteiger partial charge < -0.3 is 0 Å². The number of benzene rings is 1. The Labute approximate surface area is 104 Å². The number of aromatic nitrogens is 2. The third-order valence-electron chi connectivity index (χ3n) is 2.94. The van der Waals surface area contributed by atoms with Gasteiger partial charge in [0.25, 0.3) is 0 Å². The summed E-state index contributed by atoms with van der Waals surface area (Å²) < 4.78 is 13.2. The lowest BCUT2D eigenvalue weighted by Gasteiger charge is -2.06. The van der Waals surface area contributed by atoms with Crippen LogP contribution in [0.15, 0.2) is 48.8 Å². The molecule has 0 aliphatic rings. The van der Waals surface area contributed by atoms with Crippen molar-refractivity contribution in [2.45, 2.75) is 6.92 Å². The van der Waals surface area contributed by atoms with E-state index in [-0.39, 0.29) is 5.82 Å². The molecule has 0 amide bonds. The van der Waals surface area contributed by atoms with E-state index in [2.05, 4.69) is 9.97 Å². The summed E-state index contributed by atoms with van der Waals surface area (Å²) in [5.74, 6) is -0.248. The molecule has 1 aromatic carbocycles. The van der Waals surface area contributed by atoms with Crippen molar-refractivity contribution >= 4 is 10.9 Å². The highest BCUT2D eigenvalue weighted by Gasteiger charge is 2.05. The Bertz CT molecular complexity index is 723. The predicted octanol–water partition coefficient (Wildman–Crippen LogP) is 3.74. The van der Waals surface area contributed by atoms with E-state index < -0.39 is 0 Å². The molecular weight excluding hydrogens is 227 g/mol. The lowest BCUT2D eigenvalue weighted by molar-refractivity contribution is 0.628. The van der Waals surface area contributed by atoms with Gasteiger partial charge in [0.2, 0.25) is 0 Å². The molecule has 88 valence electrons. The van der Waals surface area contributed by atoms with Crippen LogP contribution >= 0.6 is 0 Å². The minimum absolute atomic E-state index is 0.248. The molecule has 2 aromatic heterocycles. The zero-order valence-corrected chi connectivity index (χ0v) is 9.89. The van der Waals surface area contributed by atoms with Gasteiger partial charge in [0.1, 0.15) is 5.82 Å². The van der Waals surface area contributed by atoms with Gasteiger partial charge in [-0.25, -0.2) is 9.37 Å². The van der Waals surface area contributed by atoms with Crippen molar-refractivity contribution in [1.82, 2.24) is 9.97 Å². The first-order valence-electron chi connectivity index (χ1n) is 5.71. The number of halogens is 1. The van der Waals surface area contributed by atoms with Crippen LogP contribution in [0.3, 0.4) is 0 Å². The Kier molecular flexibility index (Phi) is 2.52. The molecular formula is C15H11FN2. The minimum atomic E-state index is -0.248. The van der Waals surface area contributed by atoms with Crippen LogP contribution in [0.5, 0.6) is 0 Å². The van der Waals surface area contributed by atoms with Crippen molar-refractivity contribution < 1.29 is 4.39 Å². The fourth-order valence-electron chi connectivity index (χ4n) is 2.03. The monoisotopic (exact) mass is 238 g/mol. The van der Waals surface area contributed by atoms with Gasteiger partial charge in [0.05, 0.1) is 11.2 Å². The SMILES string of the molecule is Cc1cc(-c2cccc(F)c2)nc2ccncc12. The van der Waals surface area contributed by atoms with Gasteiger partial charge in [-0.1, -0.05) is 12.1 Å². The van der Waals surface area contributed by atoms with Crippen LogP contribution in [0.25, 0.3) is 22.2 Å². The van der Waals surface area contributed by atoms with Gasteiger partial charge in [-0.2, -0.15) is 0 Å². The molecule has 0 spiro atoms. The van der Waals surface area contributed by atoms with E-state index >= 15 is 0 Å². The van der Waals surface area contributed by atoms with Crippen molar-refractivity contribution in [3.63, 3.8) is 0 Å². The standard InChI is InChI=1S/C15H11FN2/c1-10-7-15(11-3-2-4-12(16)8-11)18-14-5-6-17-9-13(10)14/h2-9H,1H3. The van der Waals surface area contributed by atoms with Crippen LogP contribution in [0.1, 0.15) is 5.56 Å². The molecule has 0 fully saturated rings. The molecule has 0 radical (unpaired) electrons. The van der Waals surface area contributed by atoms with Crippen LogP contribution in [0, 0.1) is 12.7 Å². The van der Waals surface area contributed by atoms with Gasteiger partial charge in [0.15, 0.2) is 0 Å². The third kappa shape index (κ3) is 1.84. The second kappa shape index (κ2) is 4.18. The van der Waals surface area contributed by atoms with Gasteiger partial charge in [-0.15, -0.1) is 0 Å². The fraction of sp³-hybridized carbons (Fsp3) is 0.0667. The van der Waals surface area contributed by atoms with Gasteiger partial charge in [-0.05, 0) is 36.8 Å². The quantitative estimate of drug-likeness (QED) is 0.645. The average Bonchev–Trinajstić information content (AvgIpc) is 2.39. The molecule has 0 N–H and O–H groups in total. The maximum absolute atomic E-state index is 13.2. The van der Waals surface area contributed by atoms with Crippen LogP contribution in [0.4, 0.5) is 4.39 Å². The molecule has 0 aliphatic heterocycles. The molecule has 3 rings (SSSR count). The van der Waals surface area contributed by atoms with Crippen molar-refractivity contribution in [1.29, 1.82) is 0 Å². The zero-order valence-electron chi connectivity index (χ0n) is 9.89. The van der Waals surface area contributed by atoms with Gasteiger partial charge >= 0.3 is 0 Å². The van der Waals surface area contributed by atoms with Crippen LogP contribution < -0.4 is 0 Å². The van der Waals surface area contributed by atoms with E-state index in [1.807, 2.05) is 25.1 Å². The largest absolute Gasteiger partial charge is 0.264 e. The zero-order chi connectivity index (χ0) is 12.5. The number of aryl methyl sites for hydroxylation is 1. The average molecular weight is 238 g/mol. The van der Waals surface area contributed by atoms with Crippen molar-refractivity contribution in [3.8, 4) is 11.3 Å². The highest BCUT2D eigenvalue weighted by molar-refractivity contribution is 5.84. The molecule has 0 saturated heterocycles. The number of rotatable bonds is 1. The van der Waals surface area contributed by atoms with E-state index in [4.69, 9.17) is 0 Å². The van der Waals surface area contributed by atoms with E-state index in [9.17, 15) is 4.39 Å². The molecule has 0 unspecified atom stereocenters. The highest BCUT2D eigenvalue weighted by atomic mass is 19.1. The predicted molar refractivity (Wildman–Crippen MR) is 69.7 cm³/mol. The summed E-state index contributed by atoms with van der Waals surface area (Å²) in [6.45, 7) is 2.01. The summed E-state index contributed by atoms with van der Waals surface area (Å²) in [4.78, 5) is 8.63. The summed E-state index contributed by atoms with van der Waals surface area (Å²) in [5, 5.41) is 1.03. The smallest absolute Gasteiger partial charge is 0.123 e. The topological polar surface area (TPSA) is 25.8 Å². The molecule has 2 nitrogen and oxygen atoms in total. The number of pyridine rings is 2. The molecule has 2 heterocycles. The number of hydrogen-bond donors (Lipinski definition) is 0. The summed E-state index contributed by atoms with van der Waals surface area (Å²) in [6, 6.07) is 10.3. The van der Waals surface area contributed by atoms with Crippen molar-refractivity contribution in [3.05, 3.63) is 60.2 Å². The van der Waals surface area contributed by atoms with Crippen LogP contribution in [-0.2, 0) is 0 Å². The summed E-state index contributed by atoms with van der Waals surface area (Å²) in [7, 11) is 0. The van der Waals surface area contributed by atoms with Crippen molar-refractivity contribution in [2.24, 2.45) is 0 Å². The molecule has 0 saturated carbocycles. The summed E-state index contributed by atoms with van der Waals surface area (Å²) in [6.07, 6.45) is 3.51. The first-order valence-corrected chi connectivity index (χ1v) is 5.71. The Hall–Kier alpha value is -2.29.